The zero-order valence-electron chi connectivity index (χ0n) is 9.64. The van der Waals surface area contributed by atoms with Crippen LogP contribution >= 0.6 is 0 Å². The number of allylic oxidation sites excluding steroid dienone is 4. The summed E-state index contributed by atoms with van der Waals surface area (Å²) in [6, 6.07) is 0. The normalized spacial score (nSPS) is 39.5. The van der Waals surface area contributed by atoms with Crippen molar-refractivity contribution in [3.05, 3.63) is 23.3 Å². The number of carbonyl (C=O) groups excluding carboxylic acids is 1. The molecular formula is C13H18O. The van der Waals surface area contributed by atoms with Crippen molar-refractivity contribution >= 4 is 5.78 Å². The van der Waals surface area contributed by atoms with E-state index in [0.29, 0.717) is 11.7 Å². The van der Waals surface area contributed by atoms with Gasteiger partial charge in [-0.2, -0.15) is 0 Å². The second-order valence-corrected chi connectivity index (χ2v) is 5.40. The first-order chi connectivity index (χ1) is 6.32. The first kappa shape index (κ1) is 9.70. The van der Waals surface area contributed by atoms with E-state index in [9.17, 15) is 4.79 Å². The Morgan fingerprint density at radius 3 is 2.36 bits per heavy atom. The van der Waals surface area contributed by atoms with Gasteiger partial charge in [0.1, 0.15) is 0 Å². The lowest BCUT2D eigenvalue weighted by atomic mass is 9.52. The van der Waals surface area contributed by atoms with Gasteiger partial charge in [-0.25, -0.2) is 0 Å². The fourth-order valence-electron chi connectivity index (χ4n) is 3.04. The minimum atomic E-state index is -0.331. The van der Waals surface area contributed by atoms with Crippen LogP contribution in [0.25, 0.3) is 0 Å². The van der Waals surface area contributed by atoms with E-state index in [0.717, 1.165) is 0 Å². The lowest BCUT2D eigenvalue weighted by molar-refractivity contribution is -0.136. The molecule has 2 bridgehead atoms. The van der Waals surface area contributed by atoms with Gasteiger partial charge in [-0.3, -0.25) is 4.79 Å². The molecule has 0 aliphatic heterocycles. The number of rotatable bonds is 0. The summed E-state index contributed by atoms with van der Waals surface area (Å²) in [6.07, 6.45) is 4.30. The molecule has 1 heteroatoms. The van der Waals surface area contributed by atoms with Gasteiger partial charge in [-0.05, 0) is 20.8 Å². The average Bonchev–Trinajstić information content (AvgIpc) is 2.10. The SMILES string of the molecule is CC1=C(C)C2(C)C=CC1C(C)(C)C2=O. The van der Waals surface area contributed by atoms with Crippen LogP contribution < -0.4 is 0 Å². The van der Waals surface area contributed by atoms with Gasteiger partial charge in [0.25, 0.3) is 0 Å². The highest BCUT2D eigenvalue weighted by molar-refractivity contribution is 5.97. The summed E-state index contributed by atoms with van der Waals surface area (Å²) in [7, 11) is 0. The second-order valence-electron chi connectivity index (χ2n) is 5.40. The quantitative estimate of drug-likeness (QED) is 0.536. The van der Waals surface area contributed by atoms with Gasteiger partial charge < -0.3 is 0 Å². The van der Waals surface area contributed by atoms with Gasteiger partial charge in [0.15, 0.2) is 5.78 Å². The number of hydrogen-bond donors (Lipinski definition) is 0. The third-order valence-corrected chi connectivity index (χ3v) is 4.29. The molecule has 0 heterocycles. The molecule has 3 aliphatic rings. The Morgan fingerprint density at radius 1 is 1.21 bits per heavy atom. The van der Waals surface area contributed by atoms with Gasteiger partial charge in [0.05, 0.1) is 5.41 Å². The molecule has 0 aromatic rings. The second kappa shape index (κ2) is 2.39. The van der Waals surface area contributed by atoms with Crippen LogP contribution in [0.5, 0.6) is 0 Å². The Kier molecular flexibility index (Phi) is 1.65. The molecule has 1 nitrogen and oxygen atoms in total. The van der Waals surface area contributed by atoms with Crippen molar-refractivity contribution < 1.29 is 4.79 Å². The maximum Gasteiger partial charge on any atom is 0.153 e. The van der Waals surface area contributed by atoms with E-state index < -0.39 is 0 Å². The van der Waals surface area contributed by atoms with Gasteiger partial charge in [0.2, 0.25) is 0 Å². The first-order valence-corrected chi connectivity index (χ1v) is 5.24. The summed E-state index contributed by atoms with van der Waals surface area (Å²) in [5.41, 5.74) is 2.10. The van der Waals surface area contributed by atoms with Gasteiger partial charge in [-0.15, -0.1) is 0 Å². The van der Waals surface area contributed by atoms with Crippen molar-refractivity contribution in [1.29, 1.82) is 0 Å². The molecule has 2 atom stereocenters. The fraction of sp³-hybridized carbons (Fsp3) is 0.615. The highest BCUT2D eigenvalue weighted by atomic mass is 16.1. The molecule has 3 aliphatic carbocycles. The standard InChI is InChI=1S/C13H18O/c1-8-9(2)13(5)7-6-10(8)12(3,4)11(13)14/h6-7,10H,1-5H3. The molecule has 0 saturated heterocycles. The molecule has 0 radical (unpaired) electrons. The fourth-order valence-corrected chi connectivity index (χ4v) is 3.04. The molecule has 0 aromatic heterocycles. The summed E-state index contributed by atoms with van der Waals surface area (Å²) in [4.78, 5) is 12.3. The molecule has 2 unspecified atom stereocenters. The highest BCUT2D eigenvalue weighted by Gasteiger charge is 2.53. The largest absolute Gasteiger partial charge is 0.298 e. The molecule has 0 amide bonds. The predicted octanol–water partition coefficient (Wildman–Crippen LogP) is 3.12. The molecule has 0 aromatic carbocycles. The van der Waals surface area contributed by atoms with Crippen molar-refractivity contribution in [3.8, 4) is 0 Å². The van der Waals surface area contributed by atoms with Crippen LogP contribution in [0.15, 0.2) is 23.3 Å². The number of Topliss-reactive ketones (excluding diaryl/α,β-unsaturated/α-hetero) is 1. The maximum atomic E-state index is 12.3. The summed E-state index contributed by atoms with van der Waals surface area (Å²) in [6.45, 7) is 10.4. The Bertz CT molecular complexity index is 371. The summed E-state index contributed by atoms with van der Waals surface area (Å²) in [5.74, 6) is 0.692. The Labute approximate surface area is 85.9 Å². The van der Waals surface area contributed by atoms with Gasteiger partial charge in [0, 0.05) is 11.3 Å². The van der Waals surface area contributed by atoms with E-state index in [-0.39, 0.29) is 10.8 Å². The van der Waals surface area contributed by atoms with Crippen molar-refractivity contribution in [3.63, 3.8) is 0 Å². The molecule has 76 valence electrons. The molecule has 0 spiro atoms. The van der Waals surface area contributed by atoms with Gasteiger partial charge >= 0.3 is 0 Å². The van der Waals surface area contributed by atoms with E-state index in [1.807, 2.05) is 6.92 Å². The Hall–Kier alpha value is -0.850. The van der Waals surface area contributed by atoms with Gasteiger partial charge in [-0.1, -0.05) is 37.1 Å². The van der Waals surface area contributed by atoms with Crippen LogP contribution in [0.3, 0.4) is 0 Å². The Balaban J connectivity index is 2.70. The zero-order chi connectivity index (χ0) is 10.7. The zero-order valence-corrected chi connectivity index (χ0v) is 9.64. The first-order valence-electron chi connectivity index (χ1n) is 5.24. The molecular weight excluding hydrogens is 172 g/mol. The average molecular weight is 190 g/mol. The van der Waals surface area contributed by atoms with Crippen LogP contribution in [0.1, 0.15) is 34.6 Å². The highest BCUT2D eigenvalue weighted by Crippen LogP contribution is 2.54. The van der Waals surface area contributed by atoms with Crippen LogP contribution in [0.4, 0.5) is 0 Å². The van der Waals surface area contributed by atoms with Crippen molar-refractivity contribution in [2.45, 2.75) is 34.6 Å². The summed E-state index contributed by atoms with van der Waals surface area (Å²) >= 11 is 0. The smallest absolute Gasteiger partial charge is 0.153 e. The van der Waals surface area contributed by atoms with E-state index in [2.05, 4.69) is 39.8 Å². The van der Waals surface area contributed by atoms with Crippen LogP contribution in [0.2, 0.25) is 0 Å². The molecule has 14 heavy (non-hydrogen) atoms. The third kappa shape index (κ3) is 0.832. The minimum absolute atomic E-state index is 0.215. The molecule has 0 N–H and O–H groups in total. The Morgan fingerprint density at radius 2 is 1.79 bits per heavy atom. The van der Waals surface area contributed by atoms with Crippen LogP contribution in [0, 0.1) is 16.7 Å². The topological polar surface area (TPSA) is 17.1 Å². The lowest BCUT2D eigenvalue weighted by Gasteiger charge is -2.49. The third-order valence-electron chi connectivity index (χ3n) is 4.29. The number of ketones is 1. The van der Waals surface area contributed by atoms with Crippen LogP contribution in [-0.4, -0.2) is 5.78 Å². The maximum absolute atomic E-state index is 12.3. The molecule has 0 fully saturated rings. The minimum Gasteiger partial charge on any atom is -0.298 e. The van der Waals surface area contributed by atoms with Crippen molar-refractivity contribution in [1.82, 2.24) is 0 Å². The van der Waals surface area contributed by atoms with Crippen molar-refractivity contribution in [2.24, 2.45) is 16.7 Å². The number of hydrogen-bond acceptors (Lipinski definition) is 1. The van der Waals surface area contributed by atoms with E-state index in [4.69, 9.17) is 0 Å². The summed E-state index contributed by atoms with van der Waals surface area (Å²) < 4.78 is 0. The predicted molar refractivity (Wildman–Crippen MR) is 57.9 cm³/mol. The summed E-state index contributed by atoms with van der Waals surface area (Å²) in [5, 5.41) is 0. The van der Waals surface area contributed by atoms with E-state index in [1.165, 1.54) is 11.1 Å². The number of fused-ring (bicyclic) bond motifs is 1. The van der Waals surface area contributed by atoms with Crippen LogP contribution in [-0.2, 0) is 4.79 Å². The molecule has 0 saturated carbocycles. The number of carbonyl (C=O) groups is 1. The molecule has 3 rings (SSSR count). The van der Waals surface area contributed by atoms with E-state index >= 15 is 0 Å². The van der Waals surface area contributed by atoms with Crippen molar-refractivity contribution in [2.75, 3.05) is 0 Å². The van der Waals surface area contributed by atoms with E-state index in [1.54, 1.807) is 0 Å². The monoisotopic (exact) mass is 190 g/mol. The lowest BCUT2D eigenvalue weighted by Crippen LogP contribution is -2.50.